The van der Waals surface area contributed by atoms with Crippen molar-refractivity contribution in [3.63, 3.8) is 0 Å². The van der Waals surface area contributed by atoms with Crippen molar-refractivity contribution < 1.29 is 24.4 Å². The van der Waals surface area contributed by atoms with Crippen molar-refractivity contribution in [3.05, 3.63) is 58.9 Å². The van der Waals surface area contributed by atoms with E-state index in [2.05, 4.69) is 44.8 Å². The maximum atomic E-state index is 13.6. The van der Waals surface area contributed by atoms with Crippen molar-refractivity contribution >= 4 is 23.7 Å². The van der Waals surface area contributed by atoms with Crippen molar-refractivity contribution in [2.45, 2.75) is 62.5 Å². The number of rotatable bonds is 5. The van der Waals surface area contributed by atoms with Gasteiger partial charge in [-0.1, -0.05) is 32.0 Å². The van der Waals surface area contributed by atoms with E-state index < -0.39 is 29.9 Å². The third-order valence-electron chi connectivity index (χ3n) is 8.61. The zero-order valence-electron chi connectivity index (χ0n) is 23.3. The molecule has 1 unspecified atom stereocenters. The number of aliphatic hydroxyl groups is 1. The van der Waals surface area contributed by atoms with E-state index in [1.165, 1.54) is 0 Å². The maximum Gasteiger partial charge on any atom is 0.343 e. The van der Waals surface area contributed by atoms with E-state index in [4.69, 9.17) is 16.2 Å². The molecule has 5 heterocycles. The lowest BCUT2D eigenvalue weighted by atomic mass is 9.79. The topological polar surface area (TPSA) is 194 Å². The van der Waals surface area contributed by atoms with Crippen molar-refractivity contribution in [1.82, 2.24) is 25.8 Å². The normalized spacial score (nSPS) is 29.1. The molecular weight excluding hydrogens is 526 g/mol. The number of hydrogen-bond acceptors (Lipinski definition) is 10. The third kappa shape index (κ3) is 4.31. The number of para-hydroxylation sites is 1. The van der Waals surface area contributed by atoms with E-state index in [0.29, 0.717) is 17.9 Å². The van der Waals surface area contributed by atoms with Gasteiger partial charge in [-0.25, -0.2) is 15.3 Å². The standard InChI is InChI=1S/C28H35N9O4/c1-14-6-4-9-17(32-14)24(40)31-12-18-21-28(36-25(29)35-21)22(38)19(13-37(28)26(30)34-18)33-23(39)15-7-5-8-16-20(15)41-11-10-27(16,2)3/h4-9,18-19,21-22,38H,10-13H2,1-3H3,(H2,30,34)(H,31,40)(H,33,39)(H3,29,35,36)/p+1/t18-,19?,21-,22+,28-/m0/s1. The van der Waals surface area contributed by atoms with Crippen LogP contribution in [-0.4, -0.2) is 88.3 Å². The Balaban J connectivity index is 1.23. The molecule has 1 aromatic heterocycles. The molecular formula is C28H36N9O4+. The second kappa shape index (κ2) is 9.61. The minimum Gasteiger partial charge on any atom is -0.492 e. The van der Waals surface area contributed by atoms with Crippen LogP contribution in [0.5, 0.6) is 5.75 Å². The predicted octanol–water partition coefficient (Wildman–Crippen LogP) is -2.58. The molecule has 2 amide bonds. The summed E-state index contributed by atoms with van der Waals surface area (Å²) in [4.78, 5) is 40.1. The second-order valence-electron chi connectivity index (χ2n) is 11.7. The molecule has 216 valence electrons. The minimum absolute atomic E-state index is 0.115. The summed E-state index contributed by atoms with van der Waals surface area (Å²) in [5.41, 5.74) is 13.7. The fourth-order valence-corrected chi connectivity index (χ4v) is 6.44. The van der Waals surface area contributed by atoms with Crippen molar-refractivity contribution in [1.29, 1.82) is 0 Å². The molecule has 4 aliphatic rings. The Morgan fingerprint density at radius 3 is 2.78 bits per heavy atom. The van der Waals surface area contributed by atoms with Crippen molar-refractivity contribution in [2.75, 3.05) is 19.7 Å². The Kier molecular flexibility index (Phi) is 6.29. The van der Waals surface area contributed by atoms with Gasteiger partial charge in [-0.3, -0.25) is 20.3 Å². The first-order valence-corrected chi connectivity index (χ1v) is 13.8. The molecule has 0 aliphatic carbocycles. The van der Waals surface area contributed by atoms with Gasteiger partial charge in [-0.2, -0.15) is 0 Å². The highest BCUT2D eigenvalue weighted by atomic mass is 16.5. The largest absolute Gasteiger partial charge is 0.492 e. The number of aliphatic hydroxyl groups excluding tert-OH is 1. The average Bonchev–Trinajstić information content (AvgIpc) is 3.43. The Morgan fingerprint density at radius 2 is 2.00 bits per heavy atom. The lowest BCUT2D eigenvalue weighted by molar-refractivity contribution is -0.513. The molecule has 4 aliphatic heterocycles. The summed E-state index contributed by atoms with van der Waals surface area (Å²) < 4.78 is 5.94. The summed E-state index contributed by atoms with van der Waals surface area (Å²) >= 11 is 0. The van der Waals surface area contributed by atoms with Gasteiger partial charge in [0.2, 0.25) is 5.66 Å². The zero-order chi connectivity index (χ0) is 29.1. The number of fused-ring (bicyclic) bond motifs is 1. The van der Waals surface area contributed by atoms with E-state index in [9.17, 15) is 14.7 Å². The molecule has 0 bridgehead atoms. The van der Waals surface area contributed by atoms with E-state index in [-0.39, 0.29) is 47.9 Å². The highest BCUT2D eigenvalue weighted by Gasteiger charge is 2.68. The zero-order valence-corrected chi connectivity index (χ0v) is 23.3. The molecule has 2 aromatic rings. The summed E-state index contributed by atoms with van der Waals surface area (Å²) in [5, 5.41) is 20.8. The van der Waals surface area contributed by atoms with Gasteiger partial charge < -0.3 is 31.1 Å². The first-order valence-electron chi connectivity index (χ1n) is 13.8. The summed E-state index contributed by atoms with van der Waals surface area (Å²) in [6.07, 6.45) is -0.281. The SMILES string of the molecule is Cc1cccc(C(=O)NC[C@@H]2N=C(N)N3CC(NC(=O)c4cccc5c4OCCC5(C)C)[C@@H](O)[C@@]34NC(N)=[NH+][C@@H]24)n1. The number of ether oxygens (including phenoxy) is 1. The van der Waals surface area contributed by atoms with Gasteiger partial charge in [-0.05, 0) is 37.0 Å². The van der Waals surface area contributed by atoms with Crippen LogP contribution in [0.4, 0.5) is 0 Å². The number of nitrogens with two attached hydrogens (primary N) is 2. The van der Waals surface area contributed by atoms with Crippen LogP contribution < -0.4 is 37.1 Å². The van der Waals surface area contributed by atoms with E-state index in [1.807, 2.05) is 25.1 Å². The molecule has 1 aromatic carbocycles. The van der Waals surface area contributed by atoms with Crippen LogP contribution in [0.15, 0.2) is 41.4 Å². The van der Waals surface area contributed by atoms with Crippen LogP contribution in [0.1, 0.15) is 52.4 Å². The molecule has 13 nitrogen and oxygen atoms in total. The predicted molar refractivity (Wildman–Crippen MR) is 150 cm³/mol. The van der Waals surface area contributed by atoms with Crippen molar-refractivity contribution in [2.24, 2.45) is 16.5 Å². The Labute approximate surface area is 237 Å². The highest BCUT2D eigenvalue weighted by Crippen LogP contribution is 2.41. The number of aromatic nitrogens is 1. The molecule has 1 fully saturated rings. The van der Waals surface area contributed by atoms with Crippen LogP contribution in [0.25, 0.3) is 0 Å². The molecule has 13 heteroatoms. The Morgan fingerprint density at radius 1 is 1.22 bits per heavy atom. The second-order valence-corrected chi connectivity index (χ2v) is 11.7. The number of aryl methyl sites for hydroxylation is 1. The van der Waals surface area contributed by atoms with E-state index >= 15 is 0 Å². The van der Waals surface area contributed by atoms with Gasteiger partial charge in [0.05, 0.1) is 18.2 Å². The number of carbonyl (C=O) groups is 2. The van der Waals surface area contributed by atoms with Gasteiger partial charge in [0.1, 0.15) is 23.6 Å². The average molecular weight is 563 g/mol. The quantitative estimate of drug-likeness (QED) is 0.205. The number of aliphatic imine (C=N–C) groups is 1. The summed E-state index contributed by atoms with van der Waals surface area (Å²) in [6, 6.07) is 8.92. The van der Waals surface area contributed by atoms with E-state index in [0.717, 1.165) is 17.7 Å². The molecule has 1 saturated heterocycles. The van der Waals surface area contributed by atoms with Crippen LogP contribution in [0, 0.1) is 6.92 Å². The molecule has 41 heavy (non-hydrogen) atoms. The number of pyridine rings is 1. The molecule has 0 radical (unpaired) electrons. The molecule has 1 spiro atoms. The minimum atomic E-state index is -1.19. The van der Waals surface area contributed by atoms with Crippen molar-refractivity contribution in [3.8, 4) is 5.75 Å². The molecule has 6 rings (SSSR count). The first kappa shape index (κ1) is 26.8. The number of hydrogen-bond donors (Lipinski definition) is 7. The third-order valence-corrected chi connectivity index (χ3v) is 8.61. The number of amides is 2. The maximum absolute atomic E-state index is 13.6. The number of nitrogens with one attached hydrogen (secondary N) is 4. The lowest BCUT2D eigenvalue weighted by Crippen LogP contribution is -2.88. The van der Waals surface area contributed by atoms with Gasteiger partial charge in [0, 0.05) is 24.3 Å². The van der Waals surface area contributed by atoms with Crippen LogP contribution in [0.3, 0.4) is 0 Å². The van der Waals surface area contributed by atoms with E-state index in [1.54, 1.807) is 23.1 Å². The number of carbonyl (C=O) groups excluding carboxylic acids is 2. The highest BCUT2D eigenvalue weighted by molar-refractivity contribution is 5.98. The summed E-state index contributed by atoms with van der Waals surface area (Å²) in [7, 11) is 0. The fourth-order valence-electron chi connectivity index (χ4n) is 6.44. The van der Waals surface area contributed by atoms with Crippen LogP contribution in [0.2, 0.25) is 0 Å². The first-order chi connectivity index (χ1) is 19.5. The van der Waals surface area contributed by atoms with Gasteiger partial charge in [0.25, 0.3) is 11.8 Å². The fraction of sp³-hybridized carbons (Fsp3) is 0.464. The van der Waals surface area contributed by atoms with Crippen LogP contribution >= 0.6 is 0 Å². The van der Waals surface area contributed by atoms with Crippen LogP contribution in [-0.2, 0) is 5.41 Å². The molecule has 0 saturated carbocycles. The molecule has 5 atom stereocenters. The smallest absolute Gasteiger partial charge is 0.343 e. The Bertz CT molecular complexity index is 1470. The van der Waals surface area contributed by atoms with Gasteiger partial charge >= 0.3 is 5.96 Å². The van der Waals surface area contributed by atoms with Gasteiger partial charge in [0.15, 0.2) is 12.0 Å². The summed E-state index contributed by atoms with van der Waals surface area (Å²) in [5.74, 6) is 0.261. The molecule has 9 N–H and O–H groups in total. The Hall–Kier alpha value is -4.39. The summed E-state index contributed by atoms with van der Waals surface area (Å²) in [6.45, 7) is 6.90. The number of nitrogens with zero attached hydrogens (tertiary/aromatic N) is 3. The monoisotopic (exact) mass is 562 g/mol. The lowest BCUT2D eigenvalue weighted by Gasteiger charge is -2.43. The number of guanidine groups is 2. The van der Waals surface area contributed by atoms with Gasteiger partial charge in [-0.15, -0.1) is 0 Å². The number of benzene rings is 1.